The second-order valence-corrected chi connectivity index (χ2v) is 4.79. The van der Waals surface area contributed by atoms with Gasteiger partial charge in [0.25, 0.3) is 0 Å². The van der Waals surface area contributed by atoms with E-state index in [2.05, 4.69) is 0 Å². The molecule has 0 heterocycles. The fourth-order valence-electron chi connectivity index (χ4n) is 2.57. The molecule has 1 nitrogen and oxygen atoms in total. The van der Waals surface area contributed by atoms with Crippen molar-refractivity contribution in [3.63, 3.8) is 0 Å². The molecule has 1 unspecified atom stereocenters. The lowest BCUT2D eigenvalue weighted by Crippen LogP contribution is -2.06. The molecular formula is C14H19FO. The van der Waals surface area contributed by atoms with Gasteiger partial charge >= 0.3 is 0 Å². The first-order chi connectivity index (χ1) is 7.68. The van der Waals surface area contributed by atoms with Crippen molar-refractivity contribution in [1.29, 1.82) is 0 Å². The van der Waals surface area contributed by atoms with Crippen molar-refractivity contribution in [3.8, 4) is 0 Å². The molecule has 1 aromatic rings. The van der Waals surface area contributed by atoms with Crippen LogP contribution >= 0.6 is 0 Å². The van der Waals surface area contributed by atoms with Crippen LogP contribution in [0.2, 0.25) is 0 Å². The van der Waals surface area contributed by atoms with Crippen LogP contribution in [0.1, 0.15) is 62.2 Å². The number of rotatable bonds is 2. The van der Waals surface area contributed by atoms with Crippen LogP contribution in [0.15, 0.2) is 18.2 Å². The van der Waals surface area contributed by atoms with Gasteiger partial charge in [0.1, 0.15) is 5.82 Å². The quantitative estimate of drug-likeness (QED) is 0.804. The van der Waals surface area contributed by atoms with E-state index in [1.54, 1.807) is 6.92 Å². The predicted molar refractivity (Wildman–Crippen MR) is 62.9 cm³/mol. The number of halogens is 1. The van der Waals surface area contributed by atoms with Gasteiger partial charge < -0.3 is 5.11 Å². The SMILES string of the molecule is CC(O)c1cc(C2CCCCC2)ccc1F. The van der Waals surface area contributed by atoms with Gasteiger partial charge in [-0.2, -0.15) is 0 Å². The minimum atomic E-state index is -0.719. The second-order valence-electron chi connectivity index (χ2n) is 4.79. The molecule has 88 valence electrons. The molecule has 2 heteroatoms. The van der Waals surface area contributed by atoms with Crippen molar-refractivity contribution in [2.45, 2.75) is 51.0 Å². The standard InChI is InChI=1S/C14H19FO/c1-10(16)13-9-12(7-8-14(13)15)11-5-3-2-4-6-11/h7-11,16H,2-6H2,1H3. The second kappa shape index (κ2) is 4.96. The van der Waals surface area contributed by atoms with Gasteiger partial charge in [0, 0.05) is 5.56 Å². The van der Waals surface area contributed by atoms with E-state index in [0.29, 0.717) is 11.5 Å². The average molecular weight is 222 g/mol. The highest BCUT2D eigenvalue weighted by molar-refractivity contribution is 5.29. The van der Waals surface area contributed by atoms with E-state index >= 15 is 0 Å². The maximum atomic E-state index is 13.4. The normalized spacial score (nSPS) is 19.7. The van der Waals surface area contributed by atoms with Crippen LogP contribution in [0.5, 0.6) is 0 Å². The van der Waals surface area contributed by atoms with Gasteiger partial charge in [-0.25, -0.2) is 4.39 Å². The number of hydrogen-bond acceptors (Lipinski definition) is 1. The van der Waals surface area contributed by atoms with Gasteiger partial charge in [-0.05, 0) is 37.3 Å². The highest BCUT2D eigenvalue weighted by Gasteiger charge is 2.17. The zero-order valence-electron chi connectivity index (χ0n) is 9.75. The maximum absolute atomic E-state index is 13.4. The topological polar surface area (TPSA) is 20.2 Å². The molecular weight excluding hydrogens is 203 g/mol. The van der Waals surface area contributed by atoms with Crippen LogP contribution in [0.4, 0.5) is 4.39 Å². The van der Waals surface area contributed by atoms with Crippen molar-refractivity contribution in [2.24, 2.45) is 0 Å². The summed E-state index contributed by atoms with van der Waals surface area (Å²) in [6, 6.07) is 5.21. The van der Waals surface area contributed by atoms with Gasteiger partial charge in [-0.1, -0.05) is 31.4 Å². The summed E-state index contributed by atoms with van der Waals surface area (Å²) in [6.07, 6.45) is 5.54. The molecule has 0 saturated heterocycles. The molecule has 2 rings (SSSR count). The minimum absolute atomic E-state index is 0.297. The summed E-state index contributed by atoms with van der Waals surface area (Å²) in [5.41, 5.74) is 1.63. The molecule has 0 bridgehead atoms. The molecule has 0 spiro atoms. The Morgan fingerprint density at radius 3 is 2.56 bits per heavy atom. The Morgan fingerprint density at radius 1 is 1.25 bits per heavy atom. The van der Waals surface area contributed by atoms with Crippen molar-refractivity contribution >= 4 is 0 Å². The van der Waals surface area contributed by atoms with Crippen LogP contribution in [0, 0.1) is 5.82 Å². The Morgan fingerprint density at radius 2 is 1.94 bits per heavy atom. The number of aliphatic hydroxyl groups excluding tert-OH is 1. The van der Waals surface area contributed by atoms with E-state index in [-0.39, 0.29) is 5.82 Å². The van der Waals surface area contributed by atoms with Gasteiger partial charge in [0.2, 0.25) is 0 Å². The van der Waals surface area contributed by atoms with E-state index in [1.807, 2.05) is 12.1 Å². The molecule has 1 saturated carbocycles. The highest BCUT2D eigenvalue weighted by Crippen LogP contribution is 2.34. The predicted octanol–water partition coefficient (Wildman–Crippen LogP) is 3.93. The van der Waals surface area contributed by atoms with Gasteiger partial charge in [0.15, 0.2) is 0 Å². The average Bonchev–Trinajstić information content (AvgIpc) is 2.30. The number of benzene rings is 1. The smallest absolute Gasteiger partial charge is 0.129 e. The molecule has 16 heavy (non-hydrogen) atoms. The lowest BCUT2D eigenvalue weighted by molar-refractivity contribution is 0.194. The molecule has 0 aliphatic heterocycles. The van der Waals surface area contributed by atoms with Crippen LogP contribution < -0.4 is 0 Å². The fraction of sp³-hybridized carbons (Fsp3) is 0.571. The Kier molecular flexibility index (Phi) is 3.59. The summed E-state index contributed by atoms with van der Waals surface area (Å²) in [5.74, 6) is 0.265. The zero-order chi connectivity index (χ0) is 11.5. The fourth-order valence-corrected chi connectivity index (χ4v) is 2.57. The van der Waals surface area contributed by atoms with Gasteiger partial charge in [-0.3, -0.25) is 0 Å². The third-order valence-electron chi connectivity index (χ3n) is 3.55. The molecule has 0 aromatic heterocycles. The lowest BCUT2D eigenvalue weighted by atomic mass is 9.83. The Bertz CT molecular complexity index is 354. The molecule has 1 atom stereocenters. The Labute approximate surface area is 96.3 Å². The molecule has 1 N–H and O–H groups in total. The summed E-state index contributed by atoms with van der Waals surface area (Å²) >= 11 is 0. The summed E-state index contributed by atoms with van der Waals surface area (Å²) < 4.78 is 13.4. The third kappa shape index (κ3) is 2.43. The summed E-state index contributed by atoms with van der Waals surface area (Å²) in [5, 5.41) is 9.49. The monoisotopic (exact) mass is 222 g/mol. The van der Waals surface area contributed by atoms with E-state index in [9.17, 15) is 9.50 Å². The first kappa shape index (κ1) is 11.6. The van der Waals surface area contributed by atoms with Crippen LogP contribution in [-0.2, 0) is 0 Å². The molecule has 1 aliphatic carbocycles. The first-order valence-electron chi connectivity index (χ1n) is 6.16. The van der Waals surface area contributed by atoms with Crippen molar-refractivity contribution in [3.05, 3.63) is 35.1 Å². The molecule has 0 radical (unpaired) electrons. The molecule has 1 aromatic carbocycles. The van der Waals surface area contributed by atoms with Gasteiger partial charge in [-0.15, -0.1) is 0 Å². The van der Waals surface area contributed by atoms with E-state index in [0.717, 1.165) is 0 Å². The maximum Gasteiger partial charge on any atom is 0.129 e. The summed E-state index contributed by atoms with van der Waals surface area (Å²) in [7, 11) is 0. The van der Waals surface area contributed by atoms with Crippen LogP contribution in [0.25, 0.3) is 0 Å². The largest absolute Gasteiger partial charge is 0.389 e. The minimum Gasteiger partial charge on any atom is -0.389 e. The van der Waals surface area contributed by atoms with Crippen molar-refractivity contribution in [2.75, 3.05) is 0 Å². The van der Waals surface area contributed by atoms with Crippen LogP contribution in [0.3, 0.4) is 0 Å². The molecule has 1 fully saturated rings. The summed E-state index contributed by atoms with van der Waals surface area (Å²) in [4.78, 5) is 0. The number of aliphatic hydroxyl groups is 1. The number of hydrogen-bond donors (Lipinski definition) is 1. The lowest BCUT2D eigenvalue weighted by Gasteiger charge is -2.23. The molecule has 0 amide bonds. The van der Waals surface area contributed by atoms with Crippen LogP contribution in [-0.4, -0.2) is 5.11 Å². The van der Waals surface area contributed by atoms with Crippen molar-refractivity contribution in [1.82, 2.24) is 0 Å². The van der Waals surface area contributed by atoms with Crippen molar-refractivity contribution < 1.29 is 9.50 Å². The van der Waals surface area contributed by atoms with E-state index < -0.39 is 6.10 Å². The Balaban J connectivity index is 2.24. The Hall–Kier alpha value is -0.890. The molecule has 1 aliphatic rings. The van der Waals surface area contributed by atoms with E-state index in [1.165, 1.54) is 43.7 Å². The zero-order valence-corrected chi connectivity index (χ0v) is 9.75. The summed E-state index contributed by atoms with van der Waals surface area (Å²) in [6.45, 7) is 1.61. The van der Waals surface area contributed by atoms with Gasteiger partial charge in [0.05, 0.1) is 6.10 Å². The first-order valence-corrected chi connectivity index (χ1v) is 6.16. The highest BCUT2D eigenvalue weighted by atomic mass is 19.1. The third-order valence-corrected chi connectivity index (χ3v) is 3.55. The van der Waals surface area contributed by atoms with E-state index in [4.69, 9.17) is 0 Å².